The quantitative estimate of drug-likeness (QED) is 0.656. The largest absolute Gasteiger partial charge is 0.466 e. The molecule has 7 nitrogen and oxygen atoms in total. The normalized spacial score (nSPS) is 21.8. The number of nitrogens with zero attached hydrogens (tertiary/aromatic N) is 3. The van der Waals surface area contributed by atoms with Crippen LogP contribution in [0.2, 0.25) is 5.02 Å². The molecule has 1 amide bonds. The molecule has 170 valence electrons. The zero-order valence-corrected chi connectivity index (χ0v) is 20.0. The standard InChI is InChI=1S/C23H27ClN4O3S/c1-14-20(22(30)31-3)21(17-6-4-5-7-18(17)24)28-16(13-32-23(28)25-14)12-19(29)26-15-8-10-27(2)11-9-15/h4-7,13,15,21H,8-12H2,1-3H3,(H,26,29). The Labute approximate surface area is 197 Å². The van der Waals surface area contributed by atoms with Gasteiger partial charge in [-0.25, -0.2) is 9.79 Å². The van der Waals surface area contributed by atoms with Crippen LogP contribution in [0.25, 0.3) is 0 Å². The minimum absolute atomic E-state index is 0.0311. The number of thioether (sulfide) groups is 1. The van der Waals surface area contributed by atoms with E-state index in [0.29, 0.717) is 16.3 Å². The topological polar surface area (TPSA) is 74.2 Å². The average molecular weight is 475 g/mol. The Balaban J connectivity index is 1.61. The Kier molecular flexibility index (Phi) is 6.93. The van der Waals surface area contributed by atoms with Crippen LogP contribution in [0.4, 0.5) is 0 Å². The van der Waals surface area contributed by atoms with Crippen LogP contribution in [0.3, 0.4) is 0 Å². The number of nitrogens with one attached hydrogen (secondary N) is 1. The number of aliphatic imine (C=N–C) groups is 1. The van der Waals surface area contributed by atoms with Crippen LogP contribution in [0, 0.1) is 0 Å². The molecule has 32 heavy (non-hydrogen) atoms. The molecule has 3 heterocycles. The number of allylic oxidation sites excluding steroid dienone is 1. The molecule has 4 rings (SSSR count). The molecule has 0 spiro atoms. The third-order valence-corrected chi connectivity index (χ3v) is 7.26. The van der Waals surface area contributed by atoms with E-state index in [2.05, 4.69) is 22.3 Å². The highest BCUT2D eigenvalue weighted by Crippen LogP contribution is 2.46. The third kappa shape index (κ3) is 4.58. The molecular formula is C23H27ClN4O3S. The lowest BCUT2D eigenvalue weighted by Crippen LogP contribution is -2.44. The second kappa shape index (κ2) is 9.68. The third-order valence-electron chi connectivity index (χ3n) is 6.03. The number of carbonyl (C=O) groups is 2. The van der Waals surface area contributed by atoms with Crippen molar-refractivity contribution in [1.82, 2.24) is 15.1 Å². The van der Waals surface area contributed by atoms with Crippen LogP contribution in [0.15, 0.2) is 51.6 Å². The first-order valence-electron chi connectivity index (χ1n) is 10.6. The van der Waals surface area contributed by atoms with Crippen LogP contribution in [-0.4, -0.2) is 60.1 Å². The summed E-state index contributed by atoms with van der Waals surface area (Å²) in [4.78, 5) is 34.5. The molecule has 1 unspecified atom stereocenters. The number of amidine groups is 1. The predicted octanol–water partition coefficient (Wildman–Crippen LogP) is 3.69. The van der Waals surface area contributed by atoms with Gasteiger partial charge in [-0.3, -0.25) is 4.79 Å². The Morgan fingerprint density at radius 3 is 2.69 bits per heavy atom. The van der Waals surface area contributed by atoms with Crippen molar-refractivity contribution < 1.29 is 14.3 Å². The van der Waals surface area contributed by atoms with Gasteiger partial charge in [0.15, 0.2) is 5.17 Å². The number of ether oxygens (including phenoxy) is 1. The first-order chi connectivity index (χ1) is 15.4. The summed E-state index contributed by atoms with van der Waals surface area (Å²) in [6.45, 7) is 3.76. The highest BCUT2D eigenvalue weighted by Gasteiger charge is 2.41. The van der Waals surface area contributed by atoms with Gasteiger partial charge in [0.2, 0.25) is 5.91 Å². The molecule has 0 aliphatic carbocycles. The molecule has 1 fully saturated rings. The van der Waals surface area contributed by atoms with E-state index in [0.717, 1.165) is 42.4 Å². The summed E-state index contributed by atoms with van der Waals surface area (Å²) in [6.07, 6.45) is 2.10. The average Bonchev–Trinajstić information content (AvgIpc) is 3.16. The molecule has 1 aromatic carbocycles. The second-order valence-corrected chi connectivity index (χ2v) is 9.47. The molecule has 0 bridgehead atoms. The lowest BCUT2D eigenvalue weighted by Gasteiger charge is -2.36. The number of rotatable bonds is 5. The van der Waals surface area contributed by atoms with Gasteiger partial charge in [0.1, 0.15) is 0 Å². The lowest BCUT2D eigenvalue weighted by molar-refractivity contribution is -0.136. The SMILES string of the molecule is COC(=O)C1=C(C)N=C2SC=C(CC(=O)NC3CCN(C)CC3)N2C1c1ccccc1Cl. The smallest absolute Gasteiger partial charge is 0.338 e. The summed E-state index contributed by atoms with van der Waals surface area (Å²) in [7, 11) is 3.45. The van der Waals surface area contributed by atoms with E-state index in [1.165, 1.54) is 18.9 Å². The Bertz CT molecular complexity index is 1010. The van der Waals surface area contributed by atoms with Gasteiger partial charge in [-0.05, 0) is 56.9 Å². The molecule has 1 atom stereocenters. The van der Waals surface area contributed by atoms with Gasteiger partial charge in [0.25, 0.3) is 0 Å². The molecule has 3 aliphatic heterocycles. The summed E-state index contributed by atoms with van der Waals surface area (Å²) < 4.78 is 5.08. The van der Waals surface area contributed by atoms with Crippen LogP contribution >= 0.6 is 23.4 Å². The fourth-order valence-electron chi connectivity index (χ4n) is 4.33. The number of halogens is 1. The fraction of sp³-hybridized carbons (Fsp3) is 0.435. The number of piperidine rings is 1. The Hall–Kier alpha value is -2.29. The van der Waals surface area contributed by atoms with E-state index in [4.69, 9.17) is 16.3 Å². The monoisotopic (exact) mass is 474 g/mol. The van der Waals surface area contributed by atoms with Crippen LogP contribution in [0.5, 0.6) is 0 Å². The number of amides is 1. The summed E-state index contributed by atoms with van der Waals surface area (Å²) in [5, 5.41) is 6.37. The van der Waals surface area contributed by atoms with Crippen molar-refractivity contribution >= 4 is 40.4 Å². The van der Waals surface area contributed by atoms with E-state index in [9.17, 15) is 9.59 Å². The van der Waals surface area contributed by atoms with Crippen molar-refractivity contribution in [3.63, 3.8) is 0 Å². The molecule has 0 saturated carbocycles. The van der Waals surface area contributed by atoms with E-state index in [-0.39, 0.29) is 18.4 Å². The van der Waals surface area contributed by atoms with Crippen LogP contribution < -0.4 is 5.32 Å². The van der Waals surface area contributed by atoms with E-state index in [1.807, 2.05) is 28.5 Å². The Morgan fingerprint density at radius 2 is 2.00 bits per heavy atom. The number of fused-ring (bicyclic) bond motifs is 1. The summed E-state index contributed by atoms with van der Waals surface area (Å²) in [5.74, 6) is -0.487. The van der Waals surface area contributed by atoms with Crippen LogP contribution in [-0.2, 0) is 14.3 Å². The van der Waals surface area contributed by atoms with E-state index < -0.39 is 12.0 Å². The molecule has 1 saturated heterocycles. The number of esters is 1. The van der Waals surface area contributed by atoms with Gasteiger partial charge in [-0.1, -0.05) is 41.6 Å². The van der Waals surface area contributed by atoms with Gasteiger partial charge >= 0.3 is 5.97 Å². The van der Waals surface area contributed by atoms with E-state index >= 15 is 0 Å². The molecule has 1 N–H and O–H groups in total. The maximum Gasteiger partial charge on any atom is 0.338 e. The van der Waals surface area contributed by atoms with Gasteiger partial charge < -0.3 is 19.9 Å². The zero-order valence-electron chi connectivity index (χ0n) is 18.4. The first kappa shape index (κ1) is 22.9. The molecule has 0 radical (unpaired) electrons. The molecule has 0 aromatic heterocycles. The van der Waals surface area contributed by atoms with Crippen molar-refractivity contribution in [2.24, 2.45) is 4.99 Å². The minimum atomic E-state index is -0.513. The number of benzene rings is 1. The van der Waals surface area contributed by atoms with Gasteiger partial charge in [-0.2, -0.15) is 0 Å². The maximum absolute atomic E-state index is 12.9. The lowest BCUT2D eigenvalue weighted by atomic mass is 9.93. The minimum Gasteiger partial charge on any atom is -0.466 e. The second-order valence-electron chi connectivity index (χ2n) is 8.23. The van der Waals surface area contributed by atoms with Gasteiger partial charge in [0, 0.05) is 16.8 Å². The van der Waals surface area contributed by atoms with Crippen molar-refractivity contribution in [1.29, 1.82) is 0 Å². The zero-order chi connectivity index (χ0) is 22.8. The Morgan fingerprint density at radius 1 is 1.28 bits per heavy atom. The number of carbonyl (C=O) groups excluding carboxylic acids is 2. The number of methoxy groups -OCH3 is 1. The summed E-state index contributed by atoms with van der Waals surface area (Å²) in [5.41, 5.74) is 2.57. The predicted molar refractivity (Wildman–Crippen MR) is 127 cm³/mol. The molecule has 9 heteroatoms. The molecular weight excluding hydrogens is 448 g/mol. The number of hydrogen-bond donors (Lipinski definition) is 1. The number of likely N-dealkylation sites (tertiary alicyclic amines) is 1. The first-order valence-corrected chi connectivity index (χ1v) is 11.9. The summed E-state index contributed by atoms with van der Waals surface area (Å²) in [6, 6.07) is 7.10. The highest BCUT2D eigenvalue weighted by atomic mass is 35.5. The van der Waals surface area contributed by atoms with Crippen molar-refractivity contribution in [2.45, 2.75) is 38.3 Å². The van der Waals surface area contributed by atoms with Gasteiger partial charge in [0.05, 0.1) is 30.8 Å². The van der Waals surface area contributed by atoms with Crippen molar-refractivity contribution in [2.75, 3.05) is 27.2 Å². The van der Waals surface area contributed by atoms with Crippen LogP contribution in [0.1, 0.15) is 37.8 Å². The van der Waals surface area contributed by atoms with Crippen molar-refractivity contribution in [3.8, 4) is 0 Å². The maximum atomic E-state index is 12.9. The molecule has 3 aliphatic rings. The fourth-order valence-corrected chi connectivity index (χ4v) is 5.53. The highest BCUT2D eigenvalue weighted by molar-refractivity contribution is 8.16. The molecule has 1 aromatic rings. The van der Waals surface area contributed by atoms with Gasteiger partial charge in [-0.15, -0.1) is 0 Å². The van der Waals surface area contributed by atoms with E-state index in [1.54, 1.807) is 13.0 Å². The number of hydrogen-bond acceptors (Lipinski definition) is 7. The van der Waals surface area contributed by atoms with Crippen molar-refractivity contribution in [3.05, 3.63) is 57.2 Å². The summed E-state index contributed by atoms with van der Waals surface area (Å²) >= 11 is 8.00.